The molecule has 0 saturated carbocycles. The van der Waals surface area contributed by atoms with E-state index in [0.29, 0.717) is 16.6 Å². The number of halogens is 2. The first-order chi connectivity index (χ1) is 8.45. The Kier molecular flexibility index (Phi) is 6.44. The standard InChI is InChI=1S/C14H21Cl2NO/c1-4-13(17-8-14(18)9(2)3)11-6-5-10(15)7-12(11)16/h5-7,9,13-14,17-18H,4,8H2,1-3H3. The second-order valence-electron chi connectivity index (χ2n) is 4.85. The first-order valence-electron chi connectivity index (χ1n) is 6.32. The maximum Gasteiger partial charge on any atom is 0.0687 e. The van der Waals surface area contributed by atoms with Gasteiger partial charge in [0.25, 0.3) is 0 Å². The Morgan fingerprint density at radius 2 is 1.94 bits per heavy atom. The molecule has 18 heavy (non-hydrogen) atoms. The van der Waals surface area contributed by atoms with Gasteiger partial charge in [-0.2, -0.15) is 0 Å². The van der Waals surface area contributed by atoms with E-state index in [1.807, 2.05) is 26.0 Å². The molecule has 1 rings (SSSR count). The lowest BCUT2D eigenvalue weighted by Gasteiger charge is -2.22. The van der Waals surface area contributed by atoms with Crippen molar-refractivity contribution in [3.8, 4) is 0 Å². The average molecular weight is 290 g/mol. The van der Waals surface area contributed by atoms with Crippen molar-refractivity contribution < 1.29 is 5.11 Å². The minimum atomic E-state index is -0.342. The summed E-state index contributed by atoms with van der Waals surface area (Å²) in [5, 5.41) is 14.5. The first kappa shape index (κ1) is 15.8. The lowest BCUT2D eigenvalue weighted by atomic mass is 10.0. The van der Waals surface area contributed by atoms with Crippen molar-refractivity contribution in [1.82, 2.24) is 5.32 Å². The Morgan fingerprint density at radius 1 is 1.28 bits per heavy atom. The largest absolute Gasteiger partial charge is 0.392 e. The SMILES string of the molecule is CCC(NCC(O)C(C)C)c1ccc(Cl)cc1Cl. The topological polar surface area (TPSA) is 32.3 Å². The Balaban J connectivity index is 2.71. The van der Waals surface area contributed by atoms with Crippen LogP contribution < -0.4 is 5.32 Å². The summed E-state index contributed by atoms with van der Waals surface area (Å²) in [4.78, 5) is 0. The molecule has 2 atom stereocenters. The summed E-state index contributed by atoms with van der Waals surface area (Å²) in [5.41, 5.74) is 1.03. The number of aliphatic hydroxyl groups excluding tert-OH is 1. The van der Waals surface area contributed by atoms with Gasteiger partial charge in [-0.15, -0.1) is 0 Å². The van der Waals surface area contributed by atoms with Crippen molar-refractivity contribution in [2.75, 3.05) is 6.54 Å². The van der Waals surface area contributed by atoms with E-state index in [1.165, 1.54) is 0 Å². The van der Waals surface area contributed by atoms with Gasteiger partial charge in [-0.05, 0) is 30.0 Å². The molecule has 0 aliphatic carbocycles. The van der Waals surface area contributed by atoms with Crippen LogP contribution in [0.4, 0.5) is 0 Å². The molecule has 0 aromatic heterocycles. The van der Waals surface area contributed by atoms with E-state index in [2.05, 4.69) is 12.2 Å². The minimum absolute atomic E-state index is 0.142. The fraction of sp³-hybridized carbons (Fsp3) is 0.571. The van der Waals surface area contributed by atoms with Crippen molar-refractivity contribution in [2.24, 2.45) is 5.92 Å². The van der Waals surface area contributed by atoms with Crippen molar-refractivity contribution in [3.05, 3.63) is 33.8 Å². The smallest absolute Gasteiger partial charge is 0.0687 e. The van der Waals surface area contributed by atoms with Gasteiger partial charge in [-0.3, -0.25) is 0 Å². The molecule has 2 unspecified atom stereocenters. The molecule has 1 aromatic carbocycles. The van der Waals surface area contributed by atoms with Crippen LogP contribution in [-0.2, 0) is 0 Å². The van der Waals surface area contributed by atoms with Gasteiger partial charge in [-0.1, -0.05) is 50.0 Å². The second-order valence-corrected chi connectivity index (χ2v) is 5.69. The van der Waals surface area contributed by atoms with Crippen LogP contribution in [0.3, 0.4) is 0 Å². The Bertz CT molecular complexity index is 382. The minimum Gasteiger partial charge on any atom is -0.392 e. The summed E-state index contributed by atoms with van der Waals surface area (Å²) >= 11 is 12.1. The van der Waals surface area contributed by atoms with Gasteiger partial charge in [0, 0.05) is 22.6 Å². The molecule has 0 fully saturated rings. The molecular formula is C14H21Cl2NO. The van der Waals surface area contributed by atoms with Crippen molar-refractivity contribution in [1.29, 1.82) is 0 Å². The highest BCUT2D eigenvalue weighted by atomic mass is 35.5. The Morgan fingerprint density at radius 3 is 2.44 bits per heavy atom. The van der Waals surface area contributed by atoms with Gasteiger partial charge < -0.3 is 10.4 Å². The molecule has 0 amide bonds. The van der Waals surface area contributed by atoms with Crippen LogP contribution in [0.5, 0.6) is 0 Å². The normalized spacial score (nSPS) is 14.8. The van der Waals surface area contributed by atoms with E-state index in [4.69, 9.17) is 23.2 Å². The van der Waals surface area contributed by atoms with Crippen LogP contribution in [0.2, 0.25) is 10.0 Å². The van der Waals surface area contributed by atoms with Crippen LogP contribution in [0.15, 0.2) is 18.2 Å². The summed E-state index contributed by atoms with van der Waals surface area (Å²) in [7, 11) is 0. The van der Waals surface area contributed by atoms with Crippen LogP contribution in [-0.4, -0.2) is 17.8 Å². The molecule has 0 bridgehead atoms. The summed E-state index contributed by atoms with van der Waals surface area (Å²) in [6, 6.07) is 5.67. The summed E-state index contributed by atoms with van der Waals surface area (Å²) in [5.74, 6) is 0.246. The van der Waals surface area contributed by atoms with E-state index in [-0.39, 0.29) is 18.1 Å². The Hall–Kier alpha value is -0.280. The number of hydrogen-bond donors (Lipinski definition) is 2. The highest BCUT2D eigenvalue weighted by Crippen LogP contribution is 2.28. The molecule has 102 valence electrons. The molecule has 0 radical (unpaired) electrons. The molecule has 1 aromatic rings. The van der Waals surface area contributed by atoms with E-state index >= 15 is 0 Å². The lowest BCUT2D eigenvalue weighted by molar-refractivity contribution is 0.120. The van der Waals surface area contributed by atoms with E-state index < -0.39 is 0 Å². The van der Waals surface area contributed by atoms with Gasteiger partial charge >= 0.3 is 0 Å². The van der Waals surface area contributed by atoms with E-state index in [0.717, 1.165) is 12.0 Å². The fourth-order valence-electron chi connectivity index (χ4n) is 1.76. The van der Waals surface area contributed by atoms with Crippen LogP contribution in [0, 0.1) is 5.92 Å². The number of rotatable bonds is 6. The quantitative estimate of drug-likeness (QED) is 0.828. The molecular weight excluding hydrogens is 269 g/mol. The zero-order valence-electron chi connectivity index (χ0n) is 11.1. The van der Waals surface area contributed by atoms with Gasteiger partial charge in [0.05, 0.1) is 6.10 Å². The highest BCUT2D eigenvalue weighted by molar-refractivity contribution is 6.35. The third-order valence-corrected chi connectivity index (χ3v) is 3.65. The van der Waals surface area contributed by atoms with Gasteiger partial charge in [0.1, 0.15) is 0 Å². The zero-order chi connectivity index (χ0) is 13.7. The van der Waals surface area contributed by atoms with Crippen LogP contribution >= 0.6 is 23.2 Å². The molecule has 2 N–H and O–H groups in total. The summed E-state index contributed by atoms with van der Waals surface area (Å²) in [6.07, 6.45) is 0.566. The first-order valence-corrected chi connectivity index (χ1v) is 7.07. The van der Waals surface area contributed by atoms with Crippen molar-refractivity contribution >= 4 is 23.2 Å². The van der Waals surface area contributed by atoms with Crippen molar-refractivity contribution in [2.45, 2.75) is 39.3 Å². The predicted octanol–water partition coefficient (Wildman–Crippen LogP) is 4.05. The Labute approximate surface area is 119 Å². The maximum atomic E-state index is 9.81. The fourth-order valence-corrected chi connectivity index (χ4v) is 2.30. The highest BCUT2D eigenvalue weighted by Gasteiger charge is 2.15. The summed E-state index contributed by atoms with van der Waals surface area (Å²) in [6.45, 7) is 6.66. The van der Waals surface area contributed by atoms with Crippen molar-refractivity contribution in [3.63, 3.8) is 0 Å². The van der Waals surface area contributed by atoms with Gasteiger partial charge in [-0.25, -0.2) is 0 Å². The maximum absolute atomic E-state index is 9.81. The molecule has 0 aliphatic heterocycles. The predicted molar refractivity (Wildman–Crippen MR) is 78.3 cm³/mol. The molecule has 0 heterocycles. The molecule has 0 saturated heterocycles. The lowest BCUT2D eigenvalue weighted by Crippen LogP contribution is -2.33. The summed E-state index contributed by atoms with van der Waals surface area (Å²) < 4.78 is 0. The molecule has 0 spiro atoms. The average Bonchev–Trinajstić information content (AvgIpc) is 2.31. The monoisotopic (exact) mass is 289 g/mol. The van der Waals surface area contributed by atoms with Crippen LogP contribution in [0.25, 0.3) is 0 Å². The third-order valence-electron chi connectivity index (χ3n) is 3.09. The van der Waals surface area contributed by atoms with Crippen LogP contribution in [0.1, 0.15) is 38.8 Å². The molecule has 0 aliphatic rings. The number of nitrogens with one attached hydrogen (secondary N) is 1. The number of hydrogen-bond acceptors (Lipinski definition) is 2. The third kappa shape index (κ3) is 4.43. The second kappa shape index (κ2) is 7.34. The zero-order valence-corrected chi connectivity index (χ0v) is 12.6. The number of benzene rings is 1. The van der Waals surface area contributed by atoms with E-state index in [1.54, 1.807) is 6.07 Å². The van der Waals surface area contributed by atoms with Gasteiger partial charge in [0.2, 0.25) is 0 Å². The molecule has 4 heteroatoms. The number of aliphatic hydroxyl groups is 1. The molecule has 2 nitrogen and oxygen atoms in total. The van der Waals surface area contributed by atoms with Gasteiger partial charge in [0.15, 0.2) is 0 Å². The van der Waals surface area contributed by atoms with E-state index in [9.17, 15) is 5.11 Å².